The fourth-order valence-electron chi connectivity index (χ4n) is 2.57. The van der Waals surface area contributed by atoms with E-state index in [2.05, 4.69) is 10.6 Å². The number of imide groups is 1. The predicted octanol–water partition coefficient (Wildman–Crippen LogP) is -0.0410. The molecule has 11 nitrogen and oxygen atoms in total. The van der Waals surface area contributed by atoms with Crippen LogP contribution in [-0.4, -0.2) is 53.3 Å². The van der Waals surface area contributed by atoms with Gasteiger partial charge in [-0.1, -0.05) is 32.3 Å². The maximum Gasteiger partial charge on any atom is 0.344 e. The number of carboxylic acid groups (broad SMARTS) is 1. The second-order valence-electron chi connectivity index (χ2n) is 6.89. The van der Waals surface area contributed by atoms with E-state index in [1.165, 1.54) is 12.1 Å². The molecule has 31 heavy (non-hydrogen) atoms. The van der Waals surface area contributed by atoms with Crippen molar-refractivity contribution in [3.05, 3.63) is 24.0 Å². The van der Waals surface area contributed by atoms with Gasteiger partial charge < -0.3 is 21.5 Å². The van der Waals surface area contributed by atoms with E-state index in [0.717, 1.165) is 6.07 Å². The molecule has 1 fully saturated rings. The van der Waals surface area contributed by atoms with Crippen LogP contribution in [0.4, 0.5) is 19.7 Å². The molecule has 1 aromatic rings. The van der Waals surface area contributed by atoms with Gasteiger partial charge in [-0.15, -0.1) is 0 Å². The number of primary amides is 1. The van der Waals surface area contributed by atoms with Crippen molar-refractivity contribution in [1.29, 1.82) is 0 Å². The summed E-state index contributed by atoms with van der Waals surface area (Å²) in [5.41, 5.74) is 5.59. The van der Waals surface area contributed by atoms with Crippen LogP contribution in [0.15, 0.2) is 18.2 Å². The molecule has 1 aliphatic rings. The number of halogens is 1. The second-order valence-corrected chi connectivity index (χ2v) is 6.89. The molecule has 13 heteroatoms. The van der Waals surface area contributed by atoms with Gasteiger partial charge in [-0.05, 0) is 18.1 Å². The van der Waals surface area contributed by atoms with Crippen molar-refractivity contribution in [3.63, 3.8) is 0 Å². The molecule has 2 rings (SSSR count). The first-order valence-electron chi connectivity index (χ1n) is 9.13. The summed E-state index contributed by atoms with van der Waals surface area (Å²) in [5, 5.41) is 12.7. The number of nitrogens with one attached hydrogen (secondary N) is 3. The van der Waals surface area contributed by atoms with E-state index in [-0.39, 0.29) is 17.6 Å². The van der Waals surface area contributed by atoms with Crippen molar-refractivity contribution >= 4 is 48.8 Å². The Hall–Kier alpha value is -3.64. The second kappa shape index (κ2) is 10.4. The number of carboxylic acids is 1. The first kappa shape index (κ1) is 25.4. The van der Waals surface area contributed by atoms with Crippen LogP contribution in [0.3, 0.4) is 0 Å². The summed E-state index contributed by atoms with van der Waals surface area (Å²) < 4.78 is 13.7. The molecule has 0 aliphatic carbocycles. The number of hydrazine groups is 1. The SMILES string of the molecule is CCC(=O)O.[B]c1ccc(NC(=O)NN2C(=O)NC(CC(N)=O)(C(C)C)C2=O)c(F)c1. The molecule has 1 aromatic carbocycles. The zero-order chi connectivity index (χ0) is 23.9. The van der Waals surface area contributed by atoms with Gasteiger partial charge in [0.05, 0.1) is 12.1 Å². The Balaban J connectivity index is 0.000000861. The Labute approximate surface area is 178 Å². The summed E-state index contributed by atoms with van der Waals surface area (Å²) in [5.74, 6) is -3.64. The molecule has 6 N–H and O–H groups in total. The van der Waals surface area contributed by atoms with Gasteiger partial charge >= 0.3 is 18.0 Å². The lowest BCUT2D eigenvalue weighted by Crippen LogP contribution is -2.55. The number of rotatable bonds is 6. The number of carbonyl (C=O) groups is 5. The highest BCUT2D eigenvalue weighted by atomic mass is 19.1. The van der Waals surface area contributed by atoms with Gasteiger partial charge in [0.2, 0.25) is 5.91 Å². The van der Waals surface area contributed by atoms with Crippen molar-refractivity contribution in [3.8, 4) is 0 Å². The number of nitrogens with zero attached hydrogens (tertiary/aromatic N) is 1. The molecule has 166 valence electrons. The highest BCUT2D eigenvalue weighted by molar-refractivity contribution is 6.32. The Morgan fingerprint density at radius 3 is 2.35 bits per heavy atom. The van der Waals surface area contributed by atoms with E-state index in [1.54, 1.807) is 20.8 Å². The van der Waals surface area contributed by atoms with Crippen LogP contribution in [0.25, 0.3) is 0 Å². The molecular formula is C18H23BFN5O6. The summed E-state index contributed by atoms with van der Waals surface area (Å²) in [4.78, 5) is 57.4. The normalized spacial score (nSPS) is 17.5. The summed E-state index contributed by atoms with van der Waals surface area (Å²) >= 11 is 0. The molecule has 0 spiro atoms. The van der Waals surface area contributed by atoms with Crippen LogP contribution in [0.5, 0.6) is 0 Å². The van der Waals surface area contributed by atoms with Crippen LogP contribution in [0, 0.1) is 11.7 Å². The first-order chi connectivity index (χ1) is 14.3. The van der Waals surface area contributed by atoms with Gasteiger partial charge in [-0.2, -0.15) is 5.01 Å². The Morgan fingerprint density at radius 2 is 1.90 bits per heavy atom. The number of nitrogens with two attached hydrogens (primary N) is 1. The maximum absolute atomic E-state index is 13.7. The molecule has 1 heterocycles. The minimum Gasteiger partial charge on any atom is -0.481 e. The van der Waals surface area contributed by atoms with Gasteiger partial charge in [-0.25, -0.2) is 19.4 Å². The molecule has 1 aliphatic heterocycles. The number of hydrogen-bond acceptors (Lipinski definition) is 5. The number of aliphatic carboxylic acids is 1. The Morgan fingerprint density at radius 1 is 1.32 bits per heavy atom. The maximum atomic E-state index is 13.7. The predicted molar refractivity (Wildman–Crippen MR) is 109 cm³/mol. The monoisotopic (exact) mass is 435 g/mol. The lowest BCUT2D eigenvalue weighted by atomic mass is 9.83. The van der Waals surface area contributed by atoms with E-state index in [0.29, 0.717) is 5.01 Å². The average molecular weight is 435 g/mol. The number of benzene rings is 1. The third kappa shape index (κ3) is 6.42. The van der Waals surface area contributed by atoms with Crippen molar-refractivity contribution in [2.24, 2.45) is 11.7 Å². The van der Waals surface area contributed by atoms with Crippen molar-refractivity contribution < 1.29 is 33.5 Å². The lowest BCUT2D eigenvalue weighted by Gasteiger charge is -2.29. The minimum atomic E-state index is -1.57. The zero-order valence-electron chi connectivity index (χ0n) is 17.2. The molecule has 6 amide bonds. The van der Waals surface area contributed by atoms with Crippen molar-refractivity contribution in [2.75, 3.05) is 5.32 Å². The van der Waals surface area contributed by atoms with Gasteiger partial charge in [0, 0.05) is 6.42 Å². The van der Waals surface area contributed by atoms with Gasteiger partial charge in [0.25, 0.3) is 5.91 Å². The molecule has 0 aromatic heterocycles. The van der Waals surface area contributed by atoms with Crippen LogP contribution in [-0.2, 0) is 14.4 Å². The molecule has 1 unspecified atom stereocenters. The summed E-state index contributed by atoms with van der Waals surface area (Å²) in [6.07, 6.45) is -0.207. The number of amides is 6. The summed E-state index contributed by atoms with van der Waals surface area (Å²) in [6.45, 7) is 4.84. The Kier molecular flexibility index (Phi) is 8.53. The standard InChI is InChI=1S/C15H17BFN5O4.C3H6O2/c1-7(2)15(6-11(18)23)12(24)22(14(26)20-15)21-13(25)19-10-4-3-8(16)5-9(10)17;1-2-3(4)5/h3-5,7H,6H2,1-2H3,(H2,18,23)(H,20,26)(H2,19,21,25);2H2,1H3,(H,4,5). The smallest absolute Gasteiger partial charge is 0.344 e. The van der Waals surface area contributed by atoms with Gasteiger partial charge in [-0.3, -0.25) is 14.4 Å². The Bertz CT molecular complexity index is 896. The van der Waals surface area contributed by atoms with Crippen LogP contribution < -0.4 is 27.3 Å². The highest BCUT2D eigenvalue weighted by Gasteiger charge is 2.54. The third-order valence-corrected chi connectivity index (χ3v) is 4.31. The quantitative estimate of drug-likeness (QED) is 0.310. The van der Waals surface area contributed by atoms with Crippen LogP contribution in [0.2, 0.25) is 0 Å². The topological polar surface area (TPSA) is 171 Å². The fourth-order valence-corrected chi connectivity index (χ4v) is 2.57. The molecule has 1 atom stereocenters. The van der Waals surface area contributed by atoms with Gasteiger partial charge in [0.1, 0.15) is 19.2 Å². The zero-order valence-corrected chi connectivity index (χ0v) is 17.2. The fraction of sp³-hybridized carbons (Fsp3) is 0.389. The highest BCUT2D eigenvalue weighted by Crippen LogP contribution is 2.28. The van der Waals surface area contributed by atoms with Crippen molar-refractivity contribution in [1.82, 2.24) is 15.8 Å². The number of anilines is 1. The lowest BCUT2D eigenvalue weighted by molar-refractivity contribution is -0.137. The van der Waals surface area contributed by atoms with Crippen LogP contribution >= 0.6 is 0 Å². The van der Waals surface area contributed by atoms with Crippen molar-refractivity contribution in [2.45, 2.75) is 39.2 Å². The number of carbonyl (C=O) groups excluding carboxylic acids is 4. The number of urea groups is 2. The summed E-state index contributed by atoms with van der Waals surface area (Å²) in [6, 6.07) is 1.62. The molecular weight excluding hydrogens is 412 g/mol. The molecule has 2 radical (unpaired) electrons. The average Bonchev–Trinajstić information content (AvgIpc) is 2.89. The van der Waals surface area contributed by atoms with E-state index in [4.69, 9.17) is 18.7 Å². The largest absolute Gasteiger partial charge is 0.481 e. The van der Waals surface area contributed by atoms with E-state index in [1.807, 2.05) is 5.43 Å². The van der Waals surface area contributed by atoms with Crippen LogP contribution in [0.1, 0.15) is 33.6 Å². The van der Waals surface area contributed by atoms with E-state index >= 15 is 0 Å². The third-order valence-electron chi connectivity index (χ3n) is 4.31. The minimum absolute atomic E-state index is 0.163. The molecule has 0 bridgehead atoms. The van der Waals surface area contributed by atoms with Gasteiger partial charge in [0.15, 0.2) is 0 Å². The van der Waals surface area contributed by atoms with E-state index in [9.17, 15) is 28.4 Å². The van der Waals surface area contributed by atoms with E-state index < -0.39 is 53.5 Å². The molecule has 1 saturated heterocycles. The summed E-state index contributed by atoms with van der Waals surface area (Å²) in [7, 11) is 5.41. The first-order valence-corrected chi connectivity index (χ1v) is 9.13. The molecule has 0 saturated carbocycles. The number of hydrogen-bond donors (Lipinski definition) is 5.